The van der Waals surface area contributed by atoms with Crippen molar-refractivity contribution < 1.29 is 14.3 Å². The van der Waals surface area contributed by atoms with E-state index in [1.165, 1.54) is 0 Å². The van der Waals surface area contributed by atoms with Gasteiger partial charge in [0.05, 0.1) is 13.2 Å². The van der Waals surface area contributed by atoms with Crippen molar-refractivity contribution in [1.82, 2.24) is 4.90 Å². The predicted molar refractivity (Wildman–Crippen MR) is 71.7 cm³/mol. The maximum absolute atomic E-state index is 12.1. The molecule has 1 unspecified atom stereocenters. The molecule has 0 N–H and O–H groups in total. The summed E-state index contributed by atoms with van der Waals surface area (Å²) in [5.41, 5.74) is 1.09. The van der Waals surface area contributed by atoms with Gasteiger partial charge in [0, 0.05) is 25.4 Å². The van der Waals surface area contributed by atoms with Crippen molar-refractivity contribution in [1.29, 1.82) is 0 Å². The molecule has 1 aromatic carbocycles. The number of aldehydes is 1. The Morgan fingerprint density at radius 1 is 1.26 bits per heavy atom. The molecule has 0 bridgehead atoms. The monoisotopic (exact) mass is 261 g/mol. The number of nitrogens with zero attached hydrogens (tertiary/aromatic N) is 1. The van der Waals surface area contributed by atoms with Crippen LogP contribution in [0.5, 0.6) is 0 Å². The molecule has 1 atom stereocenters. The topological polar surface area (TPSA) is 46.6 Å². The molecule has 4 nitrogen and oxygen atoms in total. The summed E-state index contributed by atoms with van der Waals surface area (Å²) in [6.07, 6.45) is 1.81. The zero-order valence-corrected chi connectivity index (χ0v) is 11.0. The number of rotatable bonds is 5. The average molecular weight is 261 g/mol. The van der Waals surface area contributed by atoms with Crippen LogP contribution in [0.1, 0.15) is 12.0 Å². The number of carbonyl (C=O) groups is 2. The van der Waals surface area contributed by atoms with E-state index in [0.29, 0.717) is 39.1 Å². The second kappa shape index (κ2) is 7.04. The zero-order chi connectivity index (χ0) is 13.5. The first-order valence-electron chi connectivity index (χ1n) is 6.64. The van der Waals surface area contributed by atoms with Crippen molar-refractivity contribution in [2.45, 2.75) is 12.8 Å². The van der Waals surface area contributed by atoms with Gasteiger partial charge in [-0.3, -0.25) is 4.79 Å². The van der Waals surface area contributed by atoms with E-state index < -0.39 is 0 Å². The molecule has 1 fully saturated rings. The number of hydrogen-bond acceptors (Lipinski definition) is 3. The van der Waals surface area contributed by atoms with Gasteiger partial charge < -0.3 is 14.4 Å². The molecule has 1 aliphatic rings. The van der Waals surface area contributed by atoms with Gasteiger partial charge in [-0.05, 0) is 12.0 Å². The average Bonchev–Trinajstić information content (AvgIpc) is 2.48. The second-order valence-corrected chi connectivity index (χ2v) is 4.78. The Bertz CT molecular complexity index is 413. The minimum atomic E-state index is -0.238. The highest BCUT2D eigenvalue weighted by Gasteiger charge is 2.20. The fourth-order valence-electron chi connectivity index (χ4n) is 2.25. The van der Waals surface area contributed by atoms with E-state index in [0.717, 1.165) is 11.8 Å². The van der Waals surface area contributed by atoms with E-state index in [2.05, 4.69) is 0 Å². The summed E-state index contributed by atoms with van der Waals surface area (Å²) in [5, 5.41) is 0. The second-order valence-electron chi connectivity index (χ2n) is 4.78. The number of amides is 1. The molecule has 1 amide bonds. The number of hydrogen-bond donors (Lipinski definition) is 0. The lowest BCUT2D eigenvalue weighted by Gasteiger charge is -2.27. The quantitative estimate of drug-likeness (QED) is 0.750. The van der Waals surface area contributed by atoms with Crippen LogP contribution in [-0.4, -0.2) is 43.4 Å². The third-order valence-corrected chi connectivity index (χ3v) is 3.33. The number of morpholine rings is 1. The molecule has 1 aromatic rings. The molecule has 0 aliphatic carbocycles. The summed E-state index contributed by atoms with van der Waals surface area (Å²) >= 11 is 0. The molecule has 0 spiro atoms. The van der Waals surface area contributed by atoms with Gasteiger partial charge >= 0.3 is 0 Å². The first-order chi connectivity index (χ1) is 9.29. The molecular formula is C15H19NO3. The molecule has 4 heteroatoms. The lowest BCUT2D eigenvalue weighted by molar-refractivity contribution is -0.137. The van der Waals surface area contributed by atoms with E-state index in [4.69, 9.17) is 4.74 Å². The number of ether oxygens (including phenoxy) is 1. The Labute approximate surface area is 113 Å². The molecule has 102 valence electrons. The van der Waals surface area contributed by atoms with Crippen LogP contribution in [0.4, 0.5) is 0 Å². The summed E-state index contributed by atoms with van der Waals surface area (Å²) in [6, 6.07) is 9.80. The van der Waals surface area contributed by atoms with Crippen molar-refractivity contribution in [3.63, 3.8) is 0 Å². The largest absolute Gasteiger partial charge is 0.378 e. The molecule has 2 rings (SSSR count). The van der Waals surface area contributed by atoms with Gasteiger partial charge in [0.1, 0.15) is 6.29 Å². The van der Waals surface area contributed by atoms with Gasteiger partial charge in [0.15, 0.2) is 0 Å². The Hall–Kier alpha value is -1.68. The first-order valence-corrected chi connectivity index (χ1v) is 6.64. The third-order valence-electron chi connectivity index (χ3n) is 3.33. The van der Waals surface area contributed by atoms with Gasteiger partial charge in [-0.25, -0.2) is 0 Å². The standard InChI is InChI=1S/C15H19NO3/c17-12-14(10-13-4-2-1-3-5-13)11-15(18)16-6-8-19-9-7-16/h1-5,12,14H,6-11H2. The van der Waals surface area contributed by atoms with Crippen LogP contribution in [0, 0.1) is 5.92 Å². The smallest absolute Gasteiger partial charge is 0.223 e. The van der Waals surface area contributed by atoms with Gasteiger partial charge in [-0.2, -0.15) is 0 Å². The maximum atomic E-state index is 12.1. The maximum Gasteiger partial charge on any atom is 0.223 e. The molecule has 1 aliphatic heterocycles. The van der Waals surface area contributed by atoms with E-state index >= 15 is 0 Å². The van der Waals surface area contributed by atoms with Crippen LogP contribution in [0.2, 0.25) is 0 Å². The summed E-state index contributed by atoms with van der Waals surface area (Å²) in [6.45, 7) is 2.46. The van der Waals surface area contributed by atoms with Crippen LogP contribution >= 0.6 is 0 Å². The summed E-state index contributed by atoms with van der Waals surface area (Å²) in [4.78, 5) is 25.0. The Kier molecular flexibility index (Phi) is 5.10. The van der Waals surface area contributed by atoms with Crippen LogP contribution in [0.25, 0.3) is 0 Å². The zero-order valence-electron chi connectivity index (χ0n) is 11.0. The van der Waals surface area contributed by atoms with Crippen molar-refractivity contribution in [2.24, 2.45) is 5.92 Å². The summed E-state index contributed by atoms with van der Waals surface area (Å²) < 4.78 is 5.21. The SMILES string of the molecule is O=CC(CC(=O)N1CCOCC1)Cc1ccccc1. The molecule has 0 radical (unpaired) electrons. The van der Waals surface area contributed by atoms with Crippen molar-refractivity contribution in [3.05, 3.63) is 35.9 Å². The third kappa shape index (κ3) is 4.17. The molecule has 0 aromatic heterocycles. The van der Waals surface area contributed by atoms with Crippen molar-refractivity contribution in [3.8, 4) is 0 Å². The summed E-state index contributed by atoms with van der Waals surface area (Å²) in [7, 11) is 0. The number of benzene rings is 1. The minimum Gasteiger partial charge on any atom is -0.378 e. The fraction of sp³-hybridized carbons (Fsp3) is 0.467. The highest BCUT2D eigenvalue weighted by molar-refractivity contribution is 5.79. The highest BCUT2D eigenvalue weighted by Crippen LogP contribution is 2.12. The van der Waals surface area contributed by atoms with Gasteiger partial charge in [-0.1, -0.05) is 30.3 Å². The summed E-state index contributed by atoms with van der Waals surface area (Å²) in [5.74, 6) is -0.186. The molecule has 0 saturated carbocycles. The number of carbonyl (C=O) groups excluding carboxylic acids is 2. The highest BCUT2D eigenvalue weighted by atomic mass is 16.5. The van der Waals surface area contributed by atoms with Crippen molar-refractivity contribution in [2.75, 3.05) is 26.3 Å². The van der Waals surface area contributed by atoms with Crippen LogP contribution in [0.3, 0.4) is 0 Å². The molecule has 1 saturated heterocycles. The lowest BCUT2D eigenvalue weighted by Crippen LogP contribution is -2.41. The Balaban J connectivity index is 1.88. The van der Waals surface area contributed by atoms with Gasteiger partial charge in [0.25, 0.3) is 0 Å². The Morgan fingerprint density at radius 2 is 1.95 bits per heavy atom. The first kappa shape index (κ1) is 13.7. The molecule has 19 heavy (non-hydrogen) atoms. The van der Waals surface area contributed by atoms with E-state index in [9.17, 15) is 9.59 Å². The lowest BCUT2D eigenvalue weighted by atomic mass is 9.97. The van der Waals surface area contributed by atoms with Crippen LogP contribution in [-0.2, 0) is 20.7 Å². The predicted octanol–water partition coefficient (Wildman–Crippen LogP) is 1.29. The van der Waals surface area contributed by atoms with E-state index in [1.807, 2.05) is 30.3 Å². The van der Waals surface area contributed by atoms with Gasteiger partial charge in [-0.15, -0.1) is 0 Å². The Morgan fingerprint density at radius 3 is 2.58 bits per heavy atom. The van der Waals surface area contributed by atoms with Gasteiger partial charge in [0.2, 0.25) is 5.91 Å². The minimum absolute atomic E-state index is 0.0522. The molecular weight excluding hydrogens is 242 g/mol. The normalized spacial score (nSPS) is 16.9. The van der Waals surface area contributed by atoms with Crippen LogP contribution < -0.4 is 0 Å². The van der Waals surface area contributed by atoms with Crippen molar-refractivity contribution >= 4 is 12.2 Å². The fourth-order valence-corrected chi connectivity index (χ4v) is 2.25. The van der Waals surface area contributed by atoms with E-state index in [1.54, 1.807) is 4.90 Å². The van der Waals surface area contributed by atoms with Crippen LogP contribution in [0.15, 0.2) is 30.3 Å². The molecule has 1 heterocycles. The van der Waals surface area contributed by atoms with E-state index in [-0.39, 0.29) is 11.8 Å².